The fourth-order valence-electron chi connectivity index (χ4n) is 4.51. The molecule has 1 fully saturated rings. The van der Waals surface area contributed by atoms with Gasteiger partial charge >= 0.3 is 5.69 Å². The van der Waals surface area contributed by atoms with Crippen LogP contribution >= 0.6 is 0 Å². The highest BCUT2D eigenvalue weighted by Gasteiger charge is 2.28. The number of nitrogens with zero attached hydrogens (tertiary/aromatic N) is 7. The van der Waals surface area contributed by atoms with E-state index in [9.17, 15) is 9.59 Å². The summed E-state index contributed by atoms with van der Waals surface area (Å²) in [6.45, 7) is 3.04. The molecule has 0 unspecified atom stereocenters. The molecule has 168 valence electrons. The number of hydrogen-bond donors (Lipinski definition) is 1. The molecular weight excluding hydrogens is 420 g/mol. The van der Waals surface area contributed by atoms with E-state index in [-0.39, 0.29) is 11.2 Å². The average molecular weight is 444 g/mol. The Kier molecular flexibility index (Phi) is 4.20. The van der Waals surface area contributed by atoms with Crippen LogP contribution in [0, 0.1) is 12.8 Å². The van der Waals surface area contributed by atoms with Crippen molar-refractivity contribution in [3.8, 4) is 11.5 Å². The lowest BCUT2D eigenvalue weighted by atomic mass is 10.1. The smallest absolute Gasteiger partial charge is 0.332 e. The van der Waals surface area contributed by atoms with Crippen LogP contribution in [0.1, 0.15) is 24.0 Å². The average Bonchev–Trinajstić information content (AvgIpc) is 3.21. The Hall–Kier alpha value is -3.95. The van der Waals surface area contributed by atoms with Gasteiger partial charge in [-0.15, -0.1) is 10.2 Å². The molecule has 4 heterocycles. The Balaban J connectivity index is 1.64. The number of aromatic amines is 1. The Labute approximate surface area is 188 Å². The number of rotatable bonds is 5. The summed E-state index contributed by atoms with van der Waals surface area (Å²) < 4.78 is 6.36. The van der Waals surface area contributed by atoms with Crippen molar-refractivity contribution in [2.75, 3.05) is 0 Å². The number of benzene rings is 1. The van der Waals surface area contributed by atoms with Crippen LogP contribution in [0.4, 0.5) is 0 Å². The van der Waals surface area contributed by atoms with Crippen LogP contribution in [0.5, 0.6) is 0 Å². The highest BCUT2D eigenvalue weighted by Crippen LogP contribution is 2.32. The number of aromatic nitrogens is 8. The van der Waals surface area contributed by atoms with Gasteiger partial charge in [-0.25, -0.2) is 4.79 Å². The van der Waals surface area contributed by atoms with E-state index < -0.39 is 0 Å². The van der Waals surface area contributed by atoms with Crippen molar-refractivity contribution >= 4 is 21.9 Å². The Morgan fingerprint density at radius 3 is 2.73 bits per heavy atom. The zero-order valence-corrected chi connectivity index (χ0v) is 18.7. The molecule has 1 aromatic carbocycles. The summed E-state index contributed by atoms with van der Waals surface area (Å²) in [7, 11) is 3.35. The molecule has 5 aromatic rings. The lowest BCUT2D eigenvalue weighted by Gasteiger charge is -2.08. The molecule has 1 aliphatic rings. The third kappa shape index (κ3) is 3.05. The Morgan fingerprint density at radius 2 is 2.00 bits per heavy atom. The molecule has 0 atom stereocenters. The van der Waals surface area contributed by atoms with Crippen molar-refractivity contribution < 1.29 is 0 Å². The second kappa shape index (κ2) is 7.03. The van der Waals surface area contributed by atoms with E-state index in [2.05, 4.69) is 40.3 Å². The number of aryl methyl sites for hydroxylation is 2. The quantitative estimate of drug-likeness (QED) is 0.446. The van der Waals surface area contributed by atoms with E-state index in [4.69, 9.17) is 5.10 Å². The lowest BCUT2D eigenvalue weighted by molar-refractivity contribution is 0.572. The predicted octanol–water partition coefficient (Wildman–Crippen LogP) is 1.94. The largest absolute Gasteiger partial charge is 0.361 e. The maximum atomic E-state index is 13.3. The van der Waals surface area contributed by atoms with Gasteiger partial charge in [0.15, 0.2) is 11.5 Å². The van der Waals surface area contributed by atoms with Crippen molar-refractivity contribution in [2.45, 2.75) is 32.9 Å². The molecule has 4 aromatic heterocycles. The summed E-state index contributed by atoms with van der Waals surface area (Å²) in [6.07, 6.45) is 5.73. The van der Waals surface area contributed by atoms with Crippen LogP contribution in [0.15, 0.2) is 40.3 Å². The summed E-state index contributed by atoms with van der Waals surface area (Å²) in [5.74, 6) is 0.977. The minimum absolute atomic E-state index is 0.337. The molecule has 0 amide bonds. The number of nitrogens with one attached hydrogen (secondary N) is 1. The summed E-state index contributed by atoms with van der Waals surface area (Å²) in [5.41, 5.74) is 3.50. The Morgan fingerprint density at radius 1 is 1.18 bits per heavy atom. The molecule has 1 N–H and O–H groups in total. The van der Waals surface area contributed by atoms with E-state index in [1.165, 1.54) is 11.6 Å². The monoisotopic (exact) mass is 444 g/mol. The molecule has 0 saturated heterocycles. The molecule has 1 saturated carbocycles. The van der Waals surface area contributed by atoms with Crippen molar-refractivity contribution in [1.29, 1.82) is 0 Å². The maximum absolute atomic E-state index is 13.3. The van der Waals surface area contributed by atoms with Crippen LogP contribution < -0.4 is 11.2 Å². The van der Waals surface area contributed by atoms with E-state index in [1.54, 1.807) is 20.1 Å². The van der Waals surface area contributed by atoms with Crippen molar-refractivity contribution in [3.05, 3.63) is 62.7 Å². The SMILES string of the molecule is Cc1ccc2[nH]cc(Cn3nc4c(c3-c3nncn3C)c(=O)n(C)c(=O)n4CC3CC3)c2c1. The van der Waals surface area contributed by atoms with Crippen molar-refractivity contribution in [1.82, 2.24) is 38.7 Å². The third-order valence-corrected chi connectivity index (χ3v) is 6.53. The zero-order chi connectivity index (χ0) is 22.9. The molecule has 0 bridgehead atoms. The fraction of sp³-hybridized carbons (Fsp3) is 0.348. The molecule has 0 radical (unpaired) electrons. The first-order valence-corrected chi connectivity index (χ1v) is 11.0. The molecule has 0 aliphatic heterocycles. The maximum Gasteiger partial charge on any atom is 0.332 e. The summed E-state index contributed by atoms with van der Waals surface area (Å²) in [6, 6.07) is 6.25. The standard InChI is InChI=1S/C23H24N8O2/c1-13-4-7-17-16(8-13)15(9-24-17)11-31-19(21-26-25-12-28(21)2)18-20(27-31)30(10-14-5-6-14)23(33)29(3)22(18)32/h4,7-9,12,14,24H,5-6,10-11H2,1-3H3. The second-order valence-electron chi connectivity index (χ2n) is 9.03. The van der Waals surface area contributed by atoms with Crippen molar-refractivity contribution in [3.63, 3.8) is 0 Å². The fourth-order valence-corrected chi connectivity index (χ4v) is 4.51. The van der Waals surface area contributed by atoms with Gasteiger partial charge in [0, 0.05) is 37.7 Å². The van der Waals surface area contributed by atoms with Gasteiger partial charge in [0.25, 0.3) is 5.56 Å². The van der Waals surface area contributed by atoms with Gasteiger partial charge in [0.05, 0.1) is 6.54 Å². The molecular formula is C23H24N8O2. The van der Waals surface area contributed by atoms with Crippen LogP contribution in [-0.2, 0) is 27.2 Å². The Bertz CT molecular complexity index is 1660. The molecule has 33 heavy (non-hydrogen) atoms. The van der Waals surface area contributed by atoms with Gasteiger partial charge in [-0.05, 0) is 43.4 Å². The first kappa shape index (κ1) is 19.7. The minimum Gasteiger partial charge on any atom is -0.361 e. The number of hydrogen-bond acceptors (Lipinski definition) is 5. The molecule has 10 heteroatoms. The van der Waals surface area contributed by atoms with E-state index in [1.807, 2.05) is 13.2 Å². The van der Waals surface area contributed by atoms with Crippen LogP contribution in [0.2, 0.25) is 0 Å². The van der Waals surface area contributed by atoms with Gasteiger partial charge < -0.3 is 9.55 Å². The van der Waals surface area contributed by atoms with Gasteiger partial charge in [0.1, 0.15) is 17.4 Å². The van der Waals surface area contributed by atoms with E-state index in [0.29, 0.717) is 41.6 Å². The highest BCUT2D eigenvalue weighted by molar-refractivity contribution is 5.89. The normalized spacial score (nSPS) is 14.0. The van der Waals surface area contributed by atoms with Gasteiger partial charge in [-0.2, -0.15) is 5.10 Å². The van der Waals surface area contributed by atoms with Crippen LogP contribution in [-0.4, -0.2) is 38.7 Å². The third-order valence-electron chi connectivity index (χ3n) is 6.53. The van der Waals surface area contributed by atoms with E-state index in [0.717, 1.165) is 34.9 Å². The van der Waals surface area contributed by atoms with Crippen molar-refractivity contribution in [2.24, 2.45) is 20.0 Å². The summed E-state index contributed by atoms with van der Waals surface area (Å²) in [4.78, 5) is 29.7. The van der Waals surface area contributed by atoms with Crippen LogP contribution in [0.3, 0.4) is 0 Å². The highest BCUT2D eigenvalue weighted by atomic mass is 16.2. The lowest BCUT2D eigenvalue weighted by Crippen LogP contribution is -2.38. The summed E-state index contributed by atoms with van der Waals surface area (Å²) >= 11 is 0. The molecule has 6 rings (SSSR count). The van der Waals surface area contributed by atoms with Gasteiger partial charge in [-0.3, -0.25) is 18.6 Å². The molecule has 1 aliphatic carbocycles. The van der Waals surface area contributed by atoms with E-state index >= 15 is 0 Å². The predicted molar refractivity (Wildman–Crippen MR) is 124 cm³/mol. The second-order valence-corrected chi connectivity index (χ2v) is 9.03. The topological polar surface area (TPSA) is 108 Å². The molecule has 0 spiro atoms. The first-order chi connectivity index (χ1) is 15.9. The van der Waals surface area contributed by atoms with Gasteiger partial charge in [0.2, 0.25) is 0 Å². The number of fused-ring (bicyclic) bond motifs is 2. The zero-order valence-electron chi connectivity index (χ0n) is 18.7. The minimum atomic E-state index is -0.374. The molecule has 10 nitrogen and oxygen atoms in total. The first-order valence-electron chi connectivity index (χ1n) is 11.0. The van der Waals surface area contributed by atoms with Crippen LogP contribution in [0.25, 0.3) is 33.5 Å². The number of H-pyrrole nitrogens is 1. The summed E-state index contributed by atoms with van der Waals surface area (Å²) in [5, 5.41) is 14.6. The van der Waals surface area contributed by atoms with Gasteiger partial charge in [-0.1, -0.05) is 11.6 Å².